The molecule has 0 radical (unpaired) electrons. The fourth-order valence-electron chi connectivity index (χ4n) is 5.51. The summed E-state index contributed by atoms with van der Waals surface area (Å²) in [6, 6.07) is 12.3. The molecule has 52 heavy (non-hydrogen) atoms. The number of carbonyl (C=O) groups excluding carboxylic acids is 2. The molecule has 0 bridgehead atoms. The third kappa shape index (κ3) is 9.85. The maximum Gasteiger partial charge on any atom is 0.430 e. The second-order valence-corrected chi connectivity index (χ2v) is 13.1. The van der Waals surface area contributed by atoms with E-state index in [1.165, 1.54) is 37.3 Å². The van der Waals surface area contributed by atoms with Crippen molar-refractivity contribution in [3.8, 4) is 0 Å². The van der Waals surface area contributed by atoms with Gasteiger partial charge in [0.1, 0.15) is 17.5 Å². The summed E-state index contributed by atoms with van der Waals surface area (Å²) in [5.41, 5.74) is -7.00. The van der Waals surface area contributed by atoms with Gasteiger partial charge in [0.2, 0.25) is 5.91 Å². The van der Waals surface area contributed by atoms with Crippen LogP contribution in [0.5, 0.6) is 0 Å². The number of likely N-dealkylation sites (tertiary alicyclic amines) is 1. The minimum atomic E-state index is -5.92. The lowest BCUT2D eigenvalue weighted by atomic mass is 9.91. The van der Waals surface area contributed by atoms with Crippen molar-refractivity contribution in [1.82, 2.24) is 14.7 Å². The smallest absolute Gasteiger partial charge is 0.349 e. The van der Waals surface area contributed by atoms with Gasteiger partial charge in [-0.05, 0) is 42.8 Å². The molecular formula is C35H38F9N3O4S. The monoisotopic (exact) mass is 767 g/mol. The van der Waals surface area contributed by atoms with Crippen molar-refractivity contribution in [2.24, 2.45) is 0 Å². The SMILES string of the molecule is CC.CC(=O)N1CCN(C(=O)N2CCC(S(=O)c3ccc(F)cc3)C2)CC1.Fc1cccc(F)c1COC(c1ccccc1)(C(F)(F)F)C(F)(F)F. The number of hydrogen-bond donors (Lipinski definition) is 0. The van der Waals surface area contributed by atoms with Crippen LogP contribution in [0.2, 0.25) is 0 Å². The van der Waals surface area contributed by atoms with Crippen LogP contribution in [-0.4, -0.2) is 87.7 Å². The van der Waals surface area contributed by atoms with E-state index in [0.717, 1.165) is 18.2 Å². The number of halogens is 9. The third-order valence-corrected chi connectivity index (χ3v) is 9.96. The first-order chi connectivity index (χ1) is 24.5. The number of piperazine rings is 1. The van der Waals surface area contributed by atoms with E-state index in [9.17, 15) is 53.3 Å². The quantitative estimate of drug-likeness (QED) is 0.240. The van der Waals surface area contributed by atoms with Crippen molar-refractivity contribution >= 4 is 22.7 Å². The van der Waals surface area contributed by atoms with Crippen molar-refractivity contribution in [3.63, 3.8) is 0 Å². The Balaban J connectivity index is 0.000000268. The topological polar surface area (TPSA) is 70.2 Å². The predicted molar refractivity (Wildman–Crippen MR) is 175 cm³/mol. The molecule has 0 spiro atoms. The number of amides is 3. The van der Waals surface area contributed by atoms with Crippen LogP contribution in [0.3, 0.4) is 0 Å². The Labute approximate surface area is 297 Å². The lowest BCUT2D eigenvalue weighted by Crippen LogP contribution is -2.55. The Hall–Kier alpha value is -4.12. The molecule has 2 unspecified atom stereocenters. The lowest BCUT2D eigenvalue weighted by molar-refractivity contribution is -0.392. The van der Waals surface area contributed by atoms with Crippen LogP contribution in [-0.2, 0) is 32.5 Å². The van der Waals surface area contributed by atoms with Crippen molar-refractivity contribution in [3.05, 3.63) is 101 Å². The molecule has 3 aromatic rings. The highest BCUT2D eigenvalue weighted by Crippen LogP contribution is 2.53. The average Bonchev–Trinajstić information content (AvgIpc) is 3.60. The van der Waals surface area contributed by atoms with Gasteiger partial charge < -0.3 is 19.4 Å². The van der Waals surface area contributed by atoms with Gasteiger partial charge >= 0.3 is 18.4 Å². The van der Waals surface area contributed by atoms with Gasteiger partial charge in [-0.2, -0.15) is 26.3 Å². The normalized spacial score (nSPS) is 17.1. The summed E-state index contributed by atoms with van der Waals surface area (Å²) in [6.07, 6.45) is -11.2. The van der Waals surface area contributed by atoms with Gasteiger partial charge in [-0.1, -0.05) is 50.2 Å². The van der Waals surface area contributed by atoms with Crippen LogP contribution in [0, 0.1) is 17.5 Å². The zero-order chi connectivity index (χ0) is 38.9. The standard InChI is InChI=1S/C17H22FN3O3S.C16H10F8O.C2H6/c1-13(22)19-8-10-20(11-9-19)17(23)21-7-6-16(12-21)25(24)15-4-2-14(18)3-5-15;17-12-7-4-8-13(18)11(12)9-25-14(15(19,20)21,16(22,23)24)10-5-2-1-3-6-10;1-2/h2-5,16H,6-12H2,1H3;1-8H,9H2;1-2H3. The van der Waals surface area contributed by atoms with Crippen molar-refractivity contribution < 1.29 is 58.0 Å². The van der Waals surface area contributed by atoms with Gasteiger partial charge in [0, 0.05) is 62.2 Å². The van der Waals surface area contributed by atoms with E-state index < -0.39 is 58.1 Å². The minimum absolute atomic E-state index is 0.0306. The highest BCUT2D eigenvalue weighted by Gasteiger charge is 2.73. The molecule has 286 valence electrons. The van der Waals surface area contributed by atoms with Crippen molar-refractivity contribution in [1.29, 1.82) is 0 Å². The first-order valence-corrected chi connectivity index (χ1v) is 17.4. The molecule has 2 aliphatic heterocycles. The van der Waals surface area contributed by atoms with Crippen molar-refractivity contribution in [2.45, 2.75) is 61.9 Å². The molecule has 2 saturated heterocycles. The molecule has 0 N–H and O–H groups in total. The number of nitrogens with zero attached hydrogens (tertiary/aromatic N) is 3. The van der Waals surface area contributed by atoms with Crippen LogP contribution in [0.25, 0.3) is 0 Å². The molecule has 17 heteroatoms. The Morgan fingerprint density at radius 2 is 1.25 bits per heavy atom. The molecule has 7 nitrogen and oxygen atoms in total. The number of hydrogen-bond acceptors (Lipinski definition) is 4. The number of benzene rings is 3. The summed E-state index contributed by atoms with van der Waals surface area (Å²) in [6.45, 7) is 7.15. The Kier molecular flexibility index (Phi) is 14.7. The van der Waals surface area contributed by atoms with Crippen LogP contribution in [0.1, 0.15) is 38.3 Å². The van der Waals surface area contributed by atoms with Gasteiger partial charge in [-0.3, -0.25) is 9.00 Å². The molecule has 0 aromatic heterocycles. The molecule has 0 saturated carbocycles. The molecule has 0 aliphatic carbocycles. The molecule has 3 amide bonds. The summed E-state index contributed by atoms with van der Waals surface area (Å²) in [4.78, 5) is 29.8. The van der Waals surface area contributed by atoms with Crippen LogP contribution in [0.4, 0.5) is 44.3 Å². The molecule has 5 rings (SSSR count). The number of alkyl halides is 6. The maximum absolute atomic E-state index is 13.5. The fraction of sp³-hybridized carbons (Fsp3) is 0.429. The highest BCUT2D eigenvalue weighted by atomic mass is 32.2. The highest BCUT2D eigenvalue weighted by molar-refractivity contribution is 7.85. The molecule has 2 atom stereocenters. The number of rotatable bonds is 6. The van der Waals surface area contributed by atoms with E-state index in [0.29, 0.717) is 74.9 Å². The van der Waals surface area contributed by atoms with Gasteiger partial charge in [0.15, 0.2) is 0 Å². The zero-order valence-electron chi connectivity index (χ0n) is 28.4. The lowest BCUT2D eigenvalue weighted by Gasteiger charge is -2.37. The molecule has 2 heterocycles. The van der Waals surface area contributed by atoms with E-state index in [1.807, 2.05) is 13.8 Å². The number of urea groups is 1. The Morgan fingerprint density at radius 1 is 0.731 bits per heavy atom. The van der Waals surface area contributed by atoms with Crippen LogP contribution >= 0.6 is 0 Å². The molecular weight excluding hydrogens is 729 g/mol. The van der Waals surface area contributed by atoms with Crippen LogP contribution in [0.15, 0.2) is 77.7 Å². The summed E-state index contributed by atoms with van der Waals surface area (Å²) < 4.78 is 137. The third-order valence-electron chi connectivity index (χ3n) is 8.23. The van der Waals surface area contributed by atoms with E-state index in [-0.39, 0.29) is 23.0 Å². The number of ether oxygens (including phenoxy) is 1. The first kappa shape index (κ1) is 42.3. The fourth-order valence-corrected chi connectivity index (χ4v) is 6.93. The first-order valence-electron chi connectivity index (χ1n) is 16.2. The summed E-state index contributed by atoms with van der Waals surface area (Å²) in [7, 11) is -1.25. The van der Waals surface area contributed by atoms with Gasteiger partial charge in [0.25, 0.3) is 5.60 Å². The minimum Gasteiger partial charge on any atom is -0.349 e. The van der Waals surface area contributed by atoms with Gasteiger partial charge in [-0.15, -0.1) is 0 Å². The summed E-state index contributed by atoms with van der Waals surface area (Å²) >= 11 is 0. The van der Waals surface area contributed by atoms with Crippen molar-refractivity contribution in [2.75, 3.05) is 39.3 Å². The van der Waals surface area contributed by atoms with E-state index >= 15 is 0 Å². The average molecular weight is 768 g/mol. The Morgan fingerprint density at radius 3 is 1.75 bits per heavy atom. The molecule has 3 aromatic carbocycles. The predicted octanol–water partition coefficient (Wildman–Crippen LogP) is 7.82. The van der Waals surface area contributed by atoms with Gasteiger partial charge in [-0.25, -0.2) is 18.0 Å². The van der Waals surface area contributed by atoms with E-state index in [1.54, 1.807) is 14.7 Å². The van der Waals surface area contributed by atoms with E-state index in [4.69, 9.17) is 0 Å². The zero-order valence-corrected chi connectivity index (χ0v) is 29.3. The van der Waals surface area contributed by atoms with Gasteiger partial charge in [0.05, 0.1) is 22.7 Å². The maximum atomic E-state index is 13.5. The molecule has 2 aliphatic rings. The second-order valence-electron chi connectivity index (χ2n) is 11.4. The number of carbonyl (C=O) groups is 2. The van der Waals surface area contributed by atoms with Crippen LogP contribution < -0.4 is 0 Å². The summed E-state index contributed by atoms with van der Waals surface area (Å²) in [5.74, 6) is -2.95. The largest absolute Gasteiger partial charge is 0.430 e. The summed E-state index contributed by atoms with van der Waals surface area (Å²) in [5, 5.41) is -0.132. The second kappa shape index (κ2) is 18.1. The molecule has 2 fully saturated rings. The van der Waals surface area contributed by atoms with E-state index in [2.05, 4.69) is 4.74 Å². The Bertz CT molecular complexity index is 1620.